The number of nitrogens with one attached hydrogen (secondary N) is 1. The molecule has 2 aliphatic rings. The highest BCUT2D eigenvalue weighted by molar-refractivity contribution is 6.30. The number of benzene rings is 4. The van der Waals surface area contributed by atoms with Gasteiger partial charge in [0.25, 0.3) is 0 Å². The summed E-state index contributed by atoms with van der Waals surface area (Å²) in [5.41, 5.74) is 7.03. The van der Waals surface area contributed by atoms with Crippen LogP contribution in [0.4, 0.5) is 11.4 Å². The number of aliphatic imine (C=N–C) groups is 1. The fourth-order valence-corrected chi connectivity index (χ4v) is 5.31. The average molecular weight is 491 g/mol. The molecule has 0 amide bonds. The van der Waals surface area contributed by atoms with E-state index in [0.29, 0.717) is 24.5 Å². The lowest BCUT2D eigenvalue weighted by Gasteiger charge is -2.37. The number of halogens is 1. The first-order valence-electron chi connectivity index (χ1n) is 12.4. The molecular formula is C32H27ClN2O. The fraction of sp³-hybridized carbons (Fsp3) is 0.156. The summed E-state index contributed by atoms with van der Waals surface area (Å²) in [5.74, 6) is 1.87. The molecule has 3 atom stereocenters. The zero-order valence-corrected chi connectivity index (χ0v) is 20.6. The molecule has 0 saturated heterocycles. The van der Waals surface area contributed by atoms with Crippen molar-refractivity contribution in [3.63, 3.8) is 0 Å². The second kappa shape index (κ2) is 10.0. The Morgan fingerprint density at radius 3 is 2.47 bits per heavy atom. The van der Waals surface area contributed by atoms with Crippen LogP contribution in [-0.2, 0) is 6.61 Å². The molecule has 3 nitrogen and oxygen atoms in total. The number of fused-ring (bicyclic) bond motifs is 3. The second-order valence-corrected chi connectivity index (χ2v) is 9.83. The van der Waals surface area contributed by atoms with Crippen molar-refractivity contribution in [2.75, 3.05) is 5.32 Å². The van der Waals surface area contributed by atoms with Gasteiger partial charge in [0, 0.05) is 22.8 Å². The van der Waals surface area contributed by atoms with E-state index in [1.54, 1.807) is 0 Å². The number of para-hydroxylation sites is 1. The molecule has 0 fully saturated rings. The van der Waals surface area contributed by atoms with Crippen molar-refractivity contribution >= 4 is 29.2 Å². The number of anilines is 1. The summed E-state index contributed by atoms with van der Waals surface area (Å²) in [6, 6.07) is 33.3. The predicted octanol–water partition coefficient (Wildman–Crippen LogP) is 8.50. The number of nitrogens with zero attached hydrogens (tertiary/aromatic N) is 1. The summed E-state index contributed by atoms with van der Waals surface area (Å²) in [6.07, 6.45) is 7.71. The maximum absolute atomic E-state index is 5.94. The van der Waals surface area contributed by atoms with Crippen LogP contribution in [0.3, 0.4) is 0 Å². The predicted molar refractivity (Wildman–Crippen MR) is 149 cm³/mol. The van der Waals surface area contributed by atoms with Gasteiger partial charge in [-0.25, -0.2) is 0 Å². The van der Waals surface area contributed by atoms with Crippen LogP contribution in [0.5, 0.6) is 5.75 Å². The Hall–Kier alpha value is -3.82. The maximum Gasteiger partial charge on any atom is 0.119 e. The lowest BCUT2D eigenvalue weighted by atomic mass is 9.77. The van der Waals surface area contributed by atoms with Gasteiger partial charge in [-0.3, -0.25) is 4.99 Å². The van der Waals surface area contributed by atoms with Gasteiger partial charge in [-0.05, 0) is 89.2 Å². The smallest absolute Gasteiger partial charge is 0.119 e. The van der Waals surface area contributed by atoms with Gasteiger partial charge in [-0.15, -0.1) is 0 Å². The minimum Gasteiger partial charge on any atom is -0.489 e. The number of hydrogen-bond acceptors (Lipinski definition) is 3. The Labute approximate surface area is 217 Å². The zero-order chi connectivity index (χ0) is 24.3. The van der Waals surface area contributed by atoms with Gasteiger partial charge < -0.3 is 10.1 Å². The van der Waals surface area contributed by atoms with Gasteiger partial charge in [0.05, 0.1) is 11.7 Å². The summed E-state index contributed by atoms with van der Waals surface area (Å²) in [7, 11) is 0. The van der Waals surface area contributed by atoms with Crippen molar-refractivity contribution < 1.29 is 4.74 Å². The molecular weight excluding hydrogens is 464 g/mol. The van der Waals surface area contributed by atoms with Gasteiger partial charge in [-0.2, -0.15) is 0 Å². The first-order valence-corrected chi connectivity index (χ1v) is 12.7. The standard InChI is InChI=1S/C32H27ClN2O/c33-25-14-8-23(9-15-25)21-36-27-18-10-22(11-19-27)20-34-26-16-12-24(13-17-26)32-30-6-3-5-28(30)29-4-1-2-7-31(29)35-32/h1-5,7-20,28,30,32,35H,6,21H2/t28-,30+,32+/m1/s1. The topological polar surface area (TPSA) is 33.6 Å². The summed E-state index contributed by atoms with van der Waals surface area (Å²) in [5, 5.41) is 4.52. The lowest BCUT2D eigenvalue weighted by molar-refractivity contribution is 0.306. The van der Waals surface area contributed by atoms with E-state index in [-0.39, 0.29) is 0 Å². The molecule has 6 rings (SSSR count). The monoisotopic (exact) mass is 490 g/mol. The van der Waals surface area contributed by atoms with E-state index < -0.39 is 0 Å². The first kappa shape index (κ1) is 22.6. The van der Waals surface area contributed by atoms with E-state index in [9.17, 15) is 0 Å². The fourth-order valence-electron chi connectivity index (χ4n) is 5.19. The van der Waals surface area contributed by atoms with E-state index in [4.69, 9.17) is 16.3 Å². The van der Waals surface area contributed by atoms with Crippen LogP contribution in [0, 0.1) is 5.92 Å². The van der Waals surface area contributed by atoms with E-state index >= 15 is 0 Å². The Bertz CT molecular complexity index is 1390. The van der Waals surface area contributed by atoms with Crippen LogP contribution in [0.25, 0.3) is 0 Å². The van der Waals surface area contributed by atoms with Gasteiger partial charge >= 0.3 is 0 Å². The molecule has 4 heteroatoms. The third kappa shape index (κ3) is 4.80. The Morgan fingerprint density at radius 1 is 0.889 bits per heavy atom. The molecule has 1 heterocycles. The number of ether oxygens (including phenoxy) is 1. The van der Waals surface area contributed by atoms with Crippen molar-refractivity contribution in [2.45, 2.75) is 25.0 Å². The molecule has 1 aliphatic carbocycles. The quantitative estimate of drug-likeness (QED) is 0.217. The van der Waals surface area contributed by atoms with Gasteiger partial charge in [-0.1, -0.05) is 66.2 Å². The van der Waals surface area contributed by atoms with Crippen molar-refractivity contribution in [1.82, 2.24) is 0 Å². The summed E-state index contributed by atoms with van der Waals surface area (Å²) < 4.78 is 5.87. The Kier molecular flexibility index (Phi) is 6.31. The zero-order valence-electron chi connectivity index (χ0n) is 19.8. The van der Waals surface area contributed by atoms with Crippen LogP contribution in [-0.4, -0.2) is 6.21 Å². The highest BCUT2D eigenvalue weighted by Crippen LogP contribution is 2.49. The molecule has 4 aromatic carbocycles. The minimum atomic E-state index is 0.304. The van der Waals surface area contributed by atoms with Crippen molar-refractivity contribution in [3.05, 3.63) is 136 Å². The highest BCUT2D eigenvalue weighted by Gasteiger charge is 2.37. The normalized spacial score (nSPS) is 20.1. The van der Waals surface area contributed by atoms with Gasteiger partial charge in [0.2, 0.25) is 0 Å². The first-order chi connectivity index (χ1) is 17.7. The summed E-state index contributed by atoms with van der Waals surface area (Å²) in [6.45, 7) is 0.510. The van der Waals surface area contributed by atoms with Crippen molar-refractivity contribution in [2.24, 2.45) is 10.9 Å². The molecule has 0 unspecified atom stereocenters. The van der Waals surface area contributed by atoms with E-state index in [2.05, 4.69) is 71.0 Å². The van der Waals surface area contributed by atoms with E-state index in [1.807, 2.05) is 54.7 Å². The van der Waals surface area contributed by atoms with Crippen LogP contribution in [0.1, 0.15) is 40.6 Å². The molecule has 4 aromatic rings. The third-order valence-corrected chi connectivity index (χ3v) is 7.34. The van der Waals surface area contributed by atoms with Crippen molar-refractivity contribution in [3.8, 4) is 5.75 Å². The number of allylic oxidation sites excluding steroid dienone is 2. The SMILES string of the molecule is Clc1ccc(COc2ccc(C=Nc3ccc([C@@H]4Nc5ccccc5[C@H]5C=CC[C@@H]54)cc3)cc2)cc1. The Morgan fingerprint density at radius 2 is 1.67 bits per heavy atom. The molecule has 1 aliphatic heterocycles. The lowest BCUT2D eigenvalue weighted by Crippen LogP contribution is -2.28. The van der Waals surface area contributed by atoms with Crippen molar-refractivity contribution in [1.29, 1.82) is 0 Å². The van der Waals surface area contributed by atoms with Crippen LogP contribution in [0.2, 0.25) is 5.02 Å². The van der Waals surface area contributed by atoms with Crippen LogP contribution >= 0.6 is 11.6 Å². The largest absolute Gasteiger partial charge is 0.489 e. The summed E-state index contributed by atoms with van der Waals surface area (Å²) >= 11 is 5.94. The van der Waals surface area contributed by atoms with Gasteiger partial charge in [0.15, 0.2) is 0 Å². The molecule has 36 heavy (non-hydrogen) atoms. The van der Waals surface area contributed by atoms with E-state index in [1.165, 1.54) is 16.8 Å². The summed E-state index contributed by atoms with van der Waals surface area (Å²) in [4.78, 5) is 4.69. The molecule has 1 N–H and O–H groups in total. The second-order valence-electron chi connectivity index (χ2n) is 9.40. The van der Waals surface area contributed by atoms with Crippen LogP contribution in [0.15, 0.2) is 114 Å². The molecule has 0 aromatic heterocycles. The average Bonchev–Trinajstić information content (AvgIpc) is 3.43. The highest BCUT2D eigenvalue weighted by atomic mass is 35.5. The molecule has 0 spiro atoms. The minimum absolute atomic E-state index is 0.304. The van der Waals surface area contributed by atoms with Gasteiger partial charge in [0.1, 0.15) is 12.4 Å². The third-order valence-electron chi connectivity index (χ3n) is 7.09. The molecule has 178 valence electrons. The molecule has 0 saturated carbocycles. The molecule has 0 radical (unpaired) electrons. The number of hydrogen-bond donors (Lipinski definition) is 1. The maximum atomic E-state index is 5.94. The van der Waals surface area contributed by atoms with E-state index in [0.717, 1.165) is 34.0 Å². The molecule has 0 bridgehead atoms. The Balaban J connectivity index is 1.10. The van der Waals surface area contributed by atoms with Crippen LogP contribution < -0.4 is 10.1 Å². The number of rotatable bonds is 6.